The molecule has 5 nitrogen and oxygen atoms in total. The standard InChI is InChI=1S/C35H49F5N2O3Si2/c1-33(2,3)46(7,8)43-21-32(45-47(9,10)34(4,5)6)26-18-31(37)28(25-13-14-41-19-27(25)26)20-42-22-15-24(16-22)44-23-11-12-30(36)29(17-23)35(38,39)40/h11-14,17-19,22,24,32,42H,15-16,20-21H2,1-10H3/t22-,24-,32?. The van der Waals surface area contributed by atoms with Crippen LogP contribution in [0.5, 0.6) is 5.75 Å². The molecule has 1 aliphatic rings. The highest BCUT2D eigenvalue weighted by Gasteiger charge is 2.42. The number of aromatic nitrogens is 1. The zero-order valence-electron chi connectivity index (χ0n) is 29.2. The van der Waals surface area contributed by atoms with E-state index in [2.05, 4.69) is 78.0 Å². The second-order valence-electron chi connectivity index (χ2n) is 15.7. The molecule has 4 rings (SSSR count). The van der Waals surface area contributed by atoms with Crippen LogP contribution in [0, 0.1) is 11.6 Å². The molecule has 3 aromatic rings. The van der Waals surface area contributed by atoms with Crippen LogP contribution in [0.2, 0.25) is 36.3 Å². The highest BCUT2D eigenvalue weighted by molar-refractivity contribution is 6.74. The summed E-state index contributed by atoms with van der Waals surface area (Å²) in [6.07, 6.45) is -1.18. The van der Waals surface area contributed by atoms with Crippen molar-refractivity contribution in [3.05, 3.63) is 71.1 Å². The van der Waals surface area contributed by atoms with E-state index in [-0.39, 0.29) is 40.3 Å². The number of rotatable bonds is 11. The van der Waals surface area contributed by atoms with Gasteiger partial charge in [0.05, 0.1) is 18.3 Å². The van der Waals surface area contributed by atoms with E-state index in [9.17, 15) is 17.6 Å². The number of ether oxygens (including phenoxy) is 1. The molecule has 0 saturated heterocycles. The number of hydrogen-bond donors (Lipinski definition) is 1. The minimum absolute atomic E-state index is 0.00444. The fourth-order valence-electron chi connectivity index (χ4n) is 5.05. The van der Waals surface area contributed by atoms with Gasteiger partial charge in [0.25, 0.3) is 0 Å². The van der Waals surface area contributed by atoms with Crippen molar-refractivity contribution in [1.29, 1.82) is 0 Å². The lowest BCUT2D eigenvalue weighted by Gasteiger charge is -2.42. The molecule has 1 atom stereocenters. The molecule has 47 heavy (non-hydrogen) atoms. The molecule has 12 heteroatoms. The summed E-state index contributed by atoms with van der Waals surface area (Å²) in [7, 11) is -4.44. The molecule has 260 valence electrons. The molecule has 1 aromatic heterocycles. The van der Waals surface area contributed by atoms with Crippen LogP contribution in [-0.2, 0) is 21.6 Å². The molecule has 0 bridgehead atoms. The van der Waals surface area contributed by atoms with Crippen molar-refractivity contribution in [3.63, 3.8) is 0 Å². The third kappa shape index (κ3) is 8.62. The van der Waals surface area contributed by atoms with E-state index in [1.165, 1.54) is 6.07 Å². The molecule has 0 spiro atoms. The highest BCUT2D eigenvalue weighted by Crippen LogP contribution is 2.43. The second-order valence-corrected chi connectivity index (χ2v) is 25.3. The molecule has 1 unspecified atom stereocenters. The zero-order valence-corrected chi connectivity index (χ0v) is 31.2. The van der Waals surface area contributed by atoms with E-state index in [1.807, 2.05) is 6.07 Å². The number of nitrogens with zero attached hydrogens (tertiary/aromatic N) is 1. The number of fused-ring (bicyclic) bond motifs is 1. The van der Waals surface area contributed by atoms with Crippen molar-refractivity contribution in [3.8, 4) is 5.75 Å². The fraction of sp³-hybridized carbons (Fsp3) is 0.571. The third-order valence-electron chi connectivity index (χ3n) is 10.2. The SMILES string of the molecule is CC(C)(C)[Si](C)(C)OCC(O[Si](C)(C)C(C)(C)C)c1cc(F)c(CN[C@H]2C[C@H](Oc3ccc(F)c(C(F)(F)F)c3)C2)c2ccncc12. The first-order valence-corrected chi connectivity index (χ1v) is 22.0. The molecule has 1 saturated carbocycles. The molecular formula is C35H49F5N2O3Si2. The molecule has 1 fully saturated rings. The second kappa shape index (κ2) is 13.5. The van der Waals surface area contributed by atoms with Crippen molar-refractivity contribution in [2.45, 2.75) is 122 Å². The van der Waals surface area contributed by atoms with Gasteiger partial charge in [-0.2, -0.15) is 13.2 Å². The average molecular weight is 697 g/mol. The topological polar surface area (TPSA) is 52.6 Å². The Morgan fingerprint density at radius 2 is 1.51 bits per heavy atom. The molecule has 0 radical (unpaired) electrons. The Hall–Kier alpha value is -2.39. The molecule has 2 aromatic carbocycles. The van der Waals surface area contributed by atoms with Crippen LogP contribution in [-0.4, -0.2) is 40.4 Å². The zero-order chi connectivity index (χ0) is 35.2. The maximum atomic E-state index is 16.1. The summed E-state index contributed by atoms with van der Waals surface area (Å²) >= 11 is 0. The van der Waals surface area contributed by atoms with Gasteiger partial charge in [-0.15, -0.1) is 0 Å². The Kier molecular flexibility index (Phi) is 10.7. The molecule has 1 N–H and O–H groups in total. The van der Waals surface area contributed by atoms with E-state index in [0.717, 1.165) is 16.8 Å². The number of benzene rings is 2. The number of nitrogens with one attached hydrogen (secondary N) is 1. The predicted molar refractivity (Wildman–Crippen MR) is 182 cm³/mol. The van der Waals surface area contributed by atoms with Gasteiger partial charge in [-0.3, -0.25) is 4.98 Å². The van der Waals surface area contributed by atoms with E-state index < -0.39 is 40.3 Å². The van der Waals surface area contributed by atoms with Crippen molar-refractivity contribution in [2.75, 3.05) is 6.61 Å². The molecular weight excluding hydrogens is 648 g/mol. The van der Waals surface area contributed by atoms with Crippen molar-refractivity contribution in [1.82, 2.24) is 10.3 Å². The highest BCUT2D eigenvalue weighted by atomic mass is 28.4. The number of hydrogen-bond acceptors (Lipinski definition) is 5. The number of alkyl halides is 3. The minimum Gasteiger partial charge on any atom is -0.490 e. The van der Waals surface area contributed by atoms with Gasteiger partial charge in [0.1, 0.15) is 23.5 Å². The lowest BCUT2D eigenvalue weighted by Crippen LogP contribution is -2.46. The Morgan fingerprint density at radius 3 is 2.11 bits per heavy atom. The summed E-state index contributed by atoms with van der Waals surface area (Å²) in [6.45, 7) is 22.4. The number of pyridine rings is 1. The maximum Gasteiger partial charge on any atom is 0.419 e. The summed E-state index contributed by atoms with van der Waals surface area (Å²) in [5, 5.41) is 4.84. The van der Waals surface area contributed by atoms with Gasteiger partial charge in [0.2, 0.25) is 0 Å². The van der Waals surface area contributed by atoms with Gasteiger partial charge < -0.3 is 18.9 Å². The molecule has 1 aliphatic carbocycles. The summed E-state index contributed by atoms with van der Waals surface area (Å²) in [6, 6.07) is 6.00. The smallest absolute Gasteiger partial charge is 0.419 e. The first-order chi connectivity index (χ1) is 21.5. The van der Waals surface area contributed by atoms with Crippen LogP contribution in [0.15, 0.2) is 42.7 Å². The maximum absolute atomic E-state index is 16.1. The van der Waals surface area contributed by atoms with E-state index >= 15 is 4.39 Å². The Labute approximate surface area is 277 Å². The lowest BCUT2D eigenvalue weighted by atomic mass is 9.88. The van der Waals surface area contributed by atoms with Gasteiger partial charge in [0, 0.05) is 35.9 Å². The first kappa shape index (κ1) is 37.4. The lowest BCUT2D eigenvalue weighted by molar-refractivity contribution is -0.140. The van der Waals surface area contributed by atoms with Crippen LogP contribution in [0.4, 0.5) is 22.0 Å². The molecule has 0 aliphatic heterocycles. The number of halogens is 5. The monoisotopic (exact) mass is 696 g/mol. The van der Waals surface area contributed by atoms with Crippen molar-refractivity contribution < 1.29 is 35.5 Å². The van der Waals surface area contributed by atoms with Crippen molar-refractivity contribution >= 4 is 27.4 Å². The fourth-order valence-corrected chi connectivity index (χ4v) is 7.31. The van der Waals surface area contributed by atoms with Crippen molar-refractivity contribution in [2.24, 2.45) is 0 Å². The van der Waals surface area contributed by atoms with E-state index in [0.29, 0.717) is 36.6 Å². The largest absolute Gasteiger partial charge is 0.490 e. The van der Waals surface area contributed by atoms with Gasteiger partial charge in [-0.1, -0.05) is 41.5 Å². The minimum atomic E-state index is -4.81. The average Bonchev–Trinajstić information content (AvgIpc) is 2.91. The summed E-state index contributed by atoms with van der Waals surface area (Å²) in [5.41, 5.74) is -0.138. The van der Waals surface area contributed by atoms with Crippen LogP contribution in [0.3, 0.4) is 0 Å². The third-order valence-corrected chi connectivity index (χ3v) is 19.2. The van der Waals surface area contributed by atoms with Gasteiger partial charge >= 0.3 is 6.18 Å². The van der Waals surface area contributed by atoms with Crippen LogP contribution in [0.25, 0.3) is 10.8 Å². The van der Waals surface area contributed by atoms with E-state index in [4.69, 9.17) is 13.6 Å². The summed E-state index contributed by atoms with van der Waals surface area (Å²) in [4.78, 5) is 4.39. The Morgan fingerprint density at radius 1 is 0.872 bits per heavy atom. The van der Waals surface area contributed by atoms with Gasteiger partial charge in [0.15, 0.2) is 16.6 Å². The van der Waals surface area contributed by atoms with Gasteiger partial charge in [-0.05, 0) is 90.4 Å². The normalized spacial score (nSPS) is 18.7. The van der Waals surface area contributed by atoms with Crippen LogP contribution < -0.4 is 10.1 Å². The quantitative estimate of drug-likeness (QED) is 0.160. The first-order valence-electron chi connectivity index (χ1n) is 16.1. The summed E-state index contributed by atoms with van der Waals surface area (Å²) in [5.74, 6) is -1.73. The molecule has 0 amide bonds. The van der Waals surface area contributed by atoms with Gasteiger partial charge in [-0.25, -0.2) is 8.78 Å². The van der Waals surface area contributed by atoms with Crippen LogP contribution >= 0.6 is 0 Å². The van der Waals surface area contributed by atoms with Crippen LogP contribution in [0.1, 0.15) is 77.2 Å². The summed E-state index contributed by atoms with van der Waals surface area (Å²) < 4.78 is 88.3. The Bertz CT molecular complexity index is 1560. The Balaban J connectivity index is 1.53. The molecule has 1 heterocycles. The van der Waals surface area contributed by atoms with E-state index in [1.54, 1.807) is 18.5 Å². The predicted octanol–water partition coefficient (Wildman–Crippen LogP) is 10.3.